The van der Waals surface area contributed by atoms with Gasteiger partial charge in [0.15, 0.2) is 0 Å². The maximum absolute atomic E-state index is 12.9. The Labute approximate surface area is 201 Å². The number of thioether (sulfide) groups is 1. The monoisotopic (exact) mass is 499 g/mol. The highest BCUT2D eigenvalue weighted by Gasteiger charge is 2.31. The van der Waals surface area contributed by atoms with E-state index in [9.17, 15) is 29.1 Å². The van der Waals surface area contributed by atoms with Crippen LogP contribution >= 0.6 is 11.8 Å². The number of aromatic nitrogens is 2. The van der Waals surface area contributed by atoms with E-state index in [1.807, 2.05) is 6.26 Å². The van der Waals surface area contributed by atoms with E-state index < -0.39 is 60.2 Å². The van der Waals surface area contributed by atoms with Crippen molar-refractivity contribution >= 4 is 41.4 Å². The molecule has 1 aromatic rings. The molecule has 0 fully saturated rings. The molecule has 0 saturated carbocycles. The Morgan fingerprint density at radius 3 is 2.15 bits per heavy atom. The highest BCUT2D eigenvalue weighted by atomic mass is 32.2. The van der Waals surface area contributed by atoms with Crippen molar-refractivity contribution in [2.24, 2.45) is 17.4 Å². The number of hydrogen-bond donors (Lipinski definition) is 7. The van der Waals surface area contributed by atoms with Gasteiger partial charge in [-0.15, -0.1) is 0 Å². The van der Waals surface area contributed by atoms with E-state index in [2.05, 4.69) is 25.9 Å². The van der Waals surface area contributed by atoms with Crippen molar-refractivity contribution in [1.29, 1.82) is 0 Å². The van der Waals surface area contributed by atoms with Gasteiger partial charge in [0.25, 0.3) is 0 Å². The zero-order valence-electron chi connectivity index (χ0n) is 19.4. The van der Waals surface area contributed by atoms with Crippen LogP contribution in [0.2, 0.25) is 0 Å². The fourth-order valence-corrected chi connectivity index (χ4v) is 3.32. The fourth-order valence-electron chi connectivity index (χ4n) is 2.85. The summed E-state index contributed by atoms with van der Waals surface area (Å²) in [5, 5.41) is 16.7. The van der Waals surface area contributed by atoms with Crippen LogP contribution in [-0.4, -0.2) is 80.8 Å². The predicted molar refractivity (Wildman–Crippen MR) is 125 cm³/mol. The van der Waals surface area contributed by atoms with Gasteiger partial charge in [0, 0.05) is 18.3 Å². The lowest BCUT2D eigenvalue weighted by atomic mass is 10.0. The molecule has 4 unspecified atom stereocenters. The number of carboxylic acid groups (broad SMARTS) is 1. The number of carbonyl (C=O) groups excluding carboxylic acids is 4. The lowest BCUT2D eigenvalue weighted by Crippen LogP contribution is -2.58. The van der Waals surface area contributed by atoms with E-state index in [1.165, 1.54) is 24.3 Å². The SMILES string of the molecule is CSCCC(NC(=O)C(N)C(C)C)C(=O)NC(CC(N)=O)C(=O)NC(Cc1cnc[nH]1)C(=O)O. The van der Waals surface area contributed by atoms with Gasteiger partial charge in [0.2, 0.25) is 23.6 Å². The Hall–Kier alpha value is -3.13. The summed E-state index contributed by atoms with van der Waals surface area (Å²) < 4.78 is 0. The smallest absolute Gasteiger partial charge is 0.326 e. The molecule has 0 spiro atoms. The van der Waals surface area contributed by atoms with Gasteiger partial charge < -0.3 is 37.5 Å². The standard InChI is InChI=1S/C20H33N7O6S/c1-10(2)16(22)19(31)25-12(4-5-34-3)17(29)26-13(7-15(21)28)18(30)27-14(20(32)33)6-11-8-23-9-24-11/h8-10,12-14,16H,4-7,22H2,1-3H3,(H2,21,28)(H,23,24)(H,25,31)(H,26,29)(H,27,30)(H,32,33). The molecule has 0 bridgehead atoms. The van der Waals surface area contributed by atoms with E-state index in [4.69, 9.17) is 11.5 Å². The number of nitrogens with two attached hydrogens (primary N) is 2. The number of imidazole rings is 1. The van der Waals surface area contributed by atoms with Crippen LogP contribution in [0.5, 0.6) is 0 Å². The second-order valence-electron chi connectivity index (χ2n) is 8.02. The number of nitrogens with zero attached hydrogens (tertiary/aromatic N) is 1. The molecule has 4 amide bonds. The molecule has 0 aliphatic rings. The molecule has 1 aromatic heterocycles. The molecule has 190 valence electrons. The third-order valence-electron chi connectivity index (χ3n) is 4.90. The van der Waals surface area contributed by atoms with Crippen molar-refractivity contribution in [3.8, 4) is 0 Å². The Morgan fingerprint density at radius 1 is 1.06 bits per heavy atom. The first kappa shape index (κ1) is 28.9. The molecule has 0 aliphatic heterocycles. The molecule has 0 saturated heterocycles. The van der Waals surface area contributed by atoms with E-state index >= 15 is 0 Å². The third kappa shape index (κ3) is 9.79. The summed E-state index contributed by atoms with van der Waals surface area (Å²) in [5.74, 6) is -4.01. The zero-order chi connectivity index (χ0) is 25.8. The van der Waals surface area contributed by atoms with Crippen LogP contribution < -0.4 is 27.4 Å². The largest absolute Gasteiger partial charge is 0.480 e. The summed E-state index contributed by atoms with van der Waals surface area (Å²) in [6, 6.07) is -4.65. The van der Waals surface area contributed by atoms with Crippen molar-refractivity contribution in [2.75, 3.05) is 12.0 Å². The van der Waals surface area contributed by atoms with Crippen molar-refractivity contribution in [3.63, 3.8) is 0 Å². The maximum Gasteiger partial charge on any atom is 0.326 e. The van der Waals surface area contributed by atoms with E-state index in [0.29, 0.717) is 11.4 Å². The molecular weight excluding hydrogens is 466 g/mol. The van der Waals surface area contributed by atoms with Crippen molar-refractivity contribution < 1.29 is 29.1 Å². The van der Waals surface area contributed by atoms with Gasteiger partial charge in [0.1, 0.15) is 18.1 Å². The number of aliphatic carboxylic acids is 1. The Balaban J connectivity index is 2.97. The van der Waals surface area contributed by atoms with Crippen molar-refractivity contribution in [2.45, 2.75) is 57.3 Å². The van der Waals surface area contributed by atoms with E-state index in [0.717, 1.165) is 0 Å². The second kappa shape index (κ2) is 14.2. The Kier molecular flexibility index (Phi) is 12.1. The normalized spacial score (nSPS) is 14.5. The minimum absolute atomic E-state index is 0.0994. The van der Waals surface area contributed by atoms with Gasteiger partial charge in [-0.05, 0) is 24.3 Å². The van der Waals surface area contributed by atoms with E-state index in [-0.39, 0.29) is 18.8 Å². The molecule has 0 radical (unpaired) electrons. The molecular formula is C20H33N7O6S. The average molecular weight is 500 g/mol. The number of amides is 4. The number of nitrogens with one attached hydrogen (secondary N) is 4. The van der Waals surface area contributed by atoms with Crippen molar-refractivity contribution in [1.82, 2.24) is 25.9 Å². The summed E-state index contributed by atoms with van der Waals surface area (Å²) in [5.41, 5.74) is 11.5. The molecule has 13 nitrogen and oxygen atoms in total. The van der Waals surface area contributed by atoms with Gasteiger partial charge in [0.05, 0.1) is 18.8 Å². The van der Waals surface area contributed by atoms with Gasteiger partial charge in [-0.25, -0.2) is 9.78 Å². The lowest BCUT2D eigenvalue weighted by molar-refractivity contribution is -0.142. The number of aromatic amines is 1. The highest BCUT2D eigenvalue weighted by molar-refractivity contribution is 7.98. The van der Waals surface area contributed by atoms with Crippen LogP contribution in [0.25, 0.3) is 0 Å². The number of hydrogen-bond acceptors (Lipinski definition) is 8. The van der Waals surface area contributed by atoms with Crippen LogP contribution in [0.3, 0.4) is 0 Å². The highest BCUT2D eigenvalue weighted by Crippen LogP contribution is 2.06. The molecule has 34 heavy (non-hydrogen) atoms. The minimum atomic E-state index is -1.44. The molecule has 0 aliphatic carbocycles. The number of primary amides is 1. The number of carbonyl (C=O) groups is 5. The van der Waals surface area contributed by atoms with Crippen LogP contribution in [0.4, 0.5) is 0 Å². The molecule has 14 heteroatoms. The van der Waals surface area contributed by atoms with Crippen LogP contribution in [-0.2, 0) is 30.4 Å². The number of H-pyrrole nitrogens is 1. The topological polar surface area (TPSA) is 222 Å². The summed E-state index contributed by atoms with van der Waals surface area (Å²) >= 11 is 1.45. The van der Waals surface area contributed by atoms with Gasteiger partial charge in [-0.1, -0.05) is 13.8 Å². The number of carboxylic acids is 1. The first-order valence-corrected chi connectivity index (χ1v) is 12.0. The van der Waals surface area contributed by atoms with E-state index in [1.54, 1.807) is 13.8 Å². The van der Waals surface area contributed by atoms with Gasteiger partial charge >= 0.3 is 5.97 Å². The molecule has 9 N–H and O–H groups in total. The van der Waals surface area contributed by atoms with Crippen LogP contribution in [0.15, 0.2) is 12.5 Å². The molecule has 1 rings (SSSR count). The summed E-state index contributed by atoms with van der Waals surface area (Å²) in [4.78, 5) is 67.7. The maximum atomic E-state index is 12.9. The summed E-state index contributed by atoms with van der Waals surface area (Å²) in [6.07, 6.45) is 4.17. The minimum Gasteiger partial charge on any atom is -0.480 e. The van der Waals surface area contributed by atoms with Crippen LogP contribution in [0.1, 0.15) is 32.4 Å². The first-order chi connectivity index (χ1) is 16.0. The zero-order valence-corrected chi connectivity index (χ0v) is 20.2. The number of rotatable bonds is 15. The summed E-state index contributed by atoms with van der Waals surface area (Å²) in [7, 11) is 0. The second-order valence-corrected chi connectivity index (χ2v) is 9.01. The average Bonchev–Trinajstić information content (AvgIpc) is 3.27. The van der Waals surface area contributed by atoms with Crippen LogP contribution in [0, 0.1) is 5.92 Å². The van der Waals surface area contributed by atoms with Crippen molar-refractivity contribution in [3.05, 3.63) is 18.2 Å². The summed E-state index contributed by atoms with van der Waals surface area (Å²) in [6.45, 7) is 3.52. The van der Waals surface area contributed by atoms with Gasteiger partial charge in [-0.3, -0.25) is 19.2 Å². The Bertz CT molecular complexity index is 848. The Morgan fingerprint density at radius 2 is 1.65 bits per heavy atom. The fraction of sp³-hybridized carbons (Fsp3) is 0.600. The molecule has 0 aromatic carbocycles. The lowest BCUT2D eigenvalue weighted by Gasteiger charge is -2.25. The third-order valence-corrected chi connectivity index (χ3v) is 5.54. The first-order valence-electron chi connectivity index (χ1n) is 10.6. The molecule has 4 atom stereocenters. The predicted octanol–water partition coefficient (Wildman–Crippen LogP) is -1.90. The molecule has 1 heterocycles. The van der Waals surface area contributed by atoms with Gasteiger partial charge in [-0.2, -0.15) is 11.8 Å². The quantitative estimate of drug-likeness (QED) is 0.143.